The summed E-state index contributed by atoms with van der Waals surface area (Å²) in [5.41, 5.74) is 5.57. The number of aromatic nitrogens is 4. The van der Waals surface area contributed by atoms with Gasteiger partial charge in [0.15, 0.2) is 0 Å². The van der Waals surface area contributed by atoms with Crippen LogP contribution >= 0.6 is 0 Å². The Morgan fingerprint density at radius 1 is 0.923 bits per heavy atom. The van der Waals surface area contributed by atoms with Crippen molar-refractivity contribution in [2.24, 2.45) is 0 Å². The van der Waals surface area contributed by atoms with Crippen LogP contribution in [-0.2, 0) is 4.74 Å². The summed E-state index contributed by atoms with van der Waals surface area (Å²) in [7, 11) is 0. The summed E-state index contributed by atoms with van der Waals surface area (Å²) in [5.74, 6) is 0.747. The number of aromatic amines is 1. The second-order valence-electron chi connectivity index (χ2n) is 10.7. The molecule has 39 heavy (non-hydrogen) atoms. The molecule has 9 heteroatoms. The molecule has 6 rings (SSSR count). The molecule has 0 atom stereocenters. The van der Waals surface area contributed by atoms with Gasteiger partial charge >= 0.3 is 6.09 Å². The monoisotopic (exact) mass is 521 g/mol. The molecule has 0 radical (unpaired) electrons. The number of anilines is 3. The number of benzene rings is 2. The van der Waals surface area contributed by atoms with Gasteiger partial charge in [-0.3, -0.25) is 4.98 Å². The summed E-state index contributed by atoms with van der Waals surface area (Å²) in [6, 6.07) is 18.7. The predicted octanol–water partition coefficient (Wildman–Crippen LogP) is 5.97. The molecule has 0 spiro atoms. The van der Waals surface area contributed by atoms with Gasteiger partial charge < -0.3 is 24.8 Å². The number of fused-ring (bicyclic) bond motifs is 3. The number of H-pyrrole nitrogens is 1. The standard InChI is InChI=1S/C30H31N7O2/c1-30(2,3)39-29(38)37-16-14-36(15-17-37)23-7-5-22(6-8-23)34-27-26-24-18-21(20-10-12-31-13-11-20)4-9-25(24)35-28(26)33-19-32-27/h4-13,18-19H,14-17H2,1-3H3,(H2,32,33,34,35). The number of ether oxygens (including phenoxy) is 1. The zero-order valence-corrected chi connectivity index (χ0v) is 22.3. The van der Waals surface area contributed by atoms with Gasteiger partial charge in [0.2, 0.25) is 0 Å². The molecule has 1 saturated heterocycles. The van der Waals surface area contributed by atoms with Crippen LogP contribution in [0.3, 0.4) is 0 Å². The summed E-state index contributed by atoms with van der Waals surface area (Å²) in [6.45, 7) is 8.46. The summed E-state index contributed by atoms with van der Waals surface area (Å²) < 4.78 is 5.52. The average Bonchev–Trinajstić information content (AvgIpc) is 3.32. The number of hydrogen-bond acceptors (Lipinski definition) is 7. The topological polar surface area (TPSA) is 99.3 Å². The fourth-order valence-electron chi connectivity index (χ4n) is 4.91. The molecule has 1 amide bonds. The van der Waals surface area contributed by atoms with Crippen LogP contribution in [0.15, 0.2) is 73.3 Å². The highest BCUT2D eigenvalue weighted by atomic mass is 16.6. The summed E-state index contributed by atoms with van der Waals surface area (Å²) in [4.78, 5) is 33.0. The van der Waals surface area contributed by atoms with Gasteiger partial charge in [0.05, 0.1) is 5.39 Å². The van der Waals surface area contributed by atoms with E-state index in [4.69, 9.17) is 4.74 Å². The van der Waals surface area contributed by atoms with E-state index in [0.717, 1.165) is 63.3 Å². The van der Waals surface area contributed by atoms with Gasteiger partial charge in [-0.2, -0.15) is 0 Å². The minimum Gasteiger partial charge on any atom is -0.444 e. The minimum absolute atomic E-state index is 0.247. The smallest absolute Gasteiger partial charge is 0.410 e. The molecule has 0 unspecified atom stereocenters. The van der Waals surface area contributed by atoms with Crippen LogP contribution in [0.4, 0.5) is 22.0 Å². The Morgan fingerprint density at radius 3 is 2.38 bits per heavy atom. The average molecular weight is 522 g/mol. The zero-order valence-electron chi connectivity index (χ0n) is 22.3. The van der Waals surface area contributed by atoms with Crippen molar-refractivity contribution in [3.8, 4) is 11.1 Å². The van der Waals surface area contributed by atoms with Crippen molar-refractivity contribution in [2.75, 3.05) is 36.4 Å². The number of rotatable bonds is 4. The van der Waals surface area contributed by atoms with Gasteiger partial charge in [-0.25, -0.2) is 14.8 Å². The van der Waals surface area contributed by atoms with Crippen molar-refractivity contribution < 1.29 is 9.53 Å². The molecule has 1 fully saturated rings. The molecule has 1 aliphatic heterocycles. The lowest BCUT2D eigenvalue weighted by Crippen LogP contribution is -2.50. The summed E-state index contributed by atoms with van der Waals surface area (Å²) in [6.07, 6.45) is 4.93. The van der Waals surface area contributed by atoms with E-state index < -0.39 is 5.60 Å². The Morgan fingerprint density at radius 2 is 1.67 bits per heavy atom. The van der Waals surface area contributed by atoms with Crippen molar-refractivity contribution in [1.82, 2.24) is 24.8 Å². The number of carbonyl (C=O) groups is 1. The van der Waals surface area contributed by atoms with Crippen LogP contribution in [0.5, 0.6) is 0 Å². The van der Waals surface area contributed by atoms with Gasteiger partial charge in [0.25, 0.3) is 0 Å². The molecule has 5 aromatic rings. The normalized spacial score (nSPS) is 14.1. The molecule has 1 aliphatic rings. The maximum absolute atomic E-state index is 12.4. The van der Waals surface area contributed by atoms with Crippen LogP contribution < -0.4 is 10.2 Å². The van der Waals surface area contributed by atoms with Gasteiger partial charge in [-0.15, -0.1) is 0 Å². The van der Waals surface area contributed by atoms with E-state index in [1.165, 1.54) is 0 Å². The Hall–Kier alpha value is -4.66. The van der Waals surface area contributed by atoms with E-state index in [9.17, 15) is 4.79 Å². The third-order valence-corrected chi connectivity index (χ3v) is 6.83. The molecule has 4 heterocycles. The number of pyridine rings is 1. The Balaban J connectivity index is 1.19. The number of piperazine rings is 1. The second kappa shape index (κ2) is 9.90. The number of hydrogen-bond donors (Lipinski definition) is 2. The molecule has 0 aliphatic carbocycles. The highest BCUT2D eigenvalue weighted by Crippen LogP contribution is 2.34. The van der Waals surface area contributed by atoms with Crippen molar-refractivity contribution in [3.63, 3.8) is 0 Å². The lowest BCUT2D eigenvalue weighted by atomic mass is 10.0. The zero-order chi connectivity index (χ0) is 27.0. The first-order valence-electron chi connectivity index (χ1n) is 13.1. The third-order valence-electron chi connectivity index (χ3n) is 6.83. The number of amides is 1. The quantitative estimate of drug-likeness (QED) is 0.300. The van der Waals surface area contributed by atoms with Gasteiger partial charge in [0.1, 0.15) is 23.4 Å². The highest BCUT2D eigenvalue weighted by molar-refractivity contribution is 6.12. The van der Waals surface area contributed by atoms with E-state index >= 15 is 0 Å². The second-order valence-corrected chi connectivity index (χ2v) is 10.7. The van der Waals surface area contributed by atoms with Crippen molar-refractivity contribution in [1.29, 1.82) is 0 Å². The summed E-state index contributed by atoms with van der Waals surface area (Å²) in [5, 5.41) is 5.50. The Kier molecular flexibility index (Phi) is 6.26. The van der Waals surface area contributed by atoms with E-state index in [0.29, 0.717) is 13.1 Å². The van der Waals surface area contributed by atoms with E-state index in [-0.39, 0.29) is 6.09 Å². The number of nitrogens with zero attached hydrogens (tertiary/aromatic N) is 5. The van der Waals surface area contributed by atoms with Crippen molar-refractivity contribution in [3.05, 3.63) is 73.3 Å². The molecule has 3 aromatic heterocycles. The maximum Gasteiger partial charge on any atom is 0.410 e. The first-order valence-corrected chi connectivity index (χ1v) is 13.1. The van der Waals surface area contributed by atoms with Crippen molar-refractivity contribution >= 4 is 45.2 Å². The lowest BCUT2D eigenvalue weighted by Gasteiger charge is -2.36. The van der Waals surface area contributed by atoms with E-state index in [1.54, 1.807) is 23.6 Å². The largest absolute Gasteiger partial charge is 0.444 e. The van der Waals surface area contributed by atoms with Crippen LogP contribution in [0.1, 0.15) is 20.8 Å². The van der Waals surface area contributed by atoms with Crippen LogP contribution in [0.25, 0.3) is 33.1 Å². The number of carbonyl (C=O) groups excluding carboxylic acids is 1. The molecular weight excluding hydrogens is 490 g/mol. The third kappa shape index (κ3) is 5.20. The Labute approximate surface area is 226 Å². The first-order chi connectivity index (χ1) is 18.8. The molecule has 9 nitrogen and oxygen atoms in total. The van der Waals surface area contributed by atoms with Crippen LogP contribution in [-0.4, -0.2) is 62.7 Å². The fraction of sp³-hybridized carbons (Fsp3) is 0.267. The Bertz CT molecular complexity index is 1620. The molecule has 2 aromatic carbocycles. The van der Waals surface area contributed by atoms with Gasteiger partial charge in [0, 0.05) is 60.9 Å². The van der Waals surface area contributed by atoms with Gasteiger partial charge in [-0.05, 0) is 80.4 Å². The van der Waals surface area contributed by atoms with Gasteiger partial charge in [-0.1, -0.05) is 6.07 Å². The van der Waals surface area contributed by atoms with E-state index in [1.807, 2.05) is 32.9 Å². The fourth-order valence-corrected chi connectivity index (χ4v) is 4.91. The summed E-state index contributed by atoms with van der Waals surface area (Å²) >= 11 is 0. The van der Waals surface area contributed by atoms with E-state index in [2.05, 4.69) is 72.6 Å². The minimum atomic E-state index is -0.485. The first kappa shape index (κ1) is 24.7. The highest BCUT2D eigenvalue weighted by Gasteiger charge is 2.26. The van der Waals surface area contributed by atoms with Crippen LogP contribution in [0, 0.1) is 0 Å². The molecule has 2 N–H and O–H groups in total. The molecule has 198 valence electrons. The van der Waals surface area contributed by atoms with Crippen molar-refractivity contribution in [2.45, 2.75) is 26.4 Å². The SMILES string of the molecule is CC(C)(C)OC(=O)N1CCN(c2ccc(Nc3ncnc4[nH]c5ccc(-c6ccncc6)cc5c34)cc2)CC1. The predicted molar refractivity (Wildman–Crippen MR) is 154 cm³/mol. The molecule has 0 bridgehead atoms. The maximum atomic E-state index is 12.4. The van der Waals surface area contributed by atoms with Crippen LogP contribution in [0.2, 0.25) is 0 Å². The molecular formula is C30H31N7O2. The number of nitrogens with one attached hydrogen (secondary N) is 2. The molecule has 0 saturated carbocycles. The lowest BCUT2D eigenvalue weighted by molar-refractivity contribution is 0.0240.